The van der Waals surface area contributed by atoms with Gasteiger partial charge in [-0.3, -0.25) is 19.5 Å². The third-order valence-electron chi connectivity index (χ3n) is 5.03. The largest absolute Gasteiger partial charge is 0.326 e. The number of hydrogen-bond acceptors (Lipinski definition) is 5. The van der Waals surface area contributed by atoms with Gasteiger partial charge in [0, 0.05) is 22.3 Å². The van der Waals surface area contributed by atoms with Gasteiger partial charge in [0.05, 0.1) is 23.1 Å². The van der Waals surface area contributed by atoms with Crippen molar-refractivity contribution in [2.45, 2.75) is 6.42 Å². The first-order valence-corrected chi connectivity index (χ1v) is 11.2. The fourth-order valence-corrected chi connectivity index (χ4v) is 4.15. The highest BCUT2D eigenvalue weighted by molar-refractivity contribution is 7.14. The van der Waals surface area contributed by atoms with Gasteiger partial charge in [-0.05, 0) is 48.5 Å². The number of anilines is 2. The third-order valence-corrected chi connectivity index (χ3v) is 5.84. The van der Waals surface area contributed by atoms with Gasteiger partial charge in [0.25, 0.3) is 5.91 Å². The van der Waals surface area contributed by atoms with Crippen molar-refractivity contribution in [1.82, 2.24) is 14.5 Å². The Morgan fingerprint density at radius 3 is 2.45 bits per heavy atom. The highest BCUT2D eigenvalue weighted by atomic mass is 32.1. The van der Waals surface area contributed by atoms with Gasteiger partial charge in [0.1, 0.15) is 6.33 Å². The zero-order valence-corrected chi connectivity index (χ0v) is 18.3. The van der Waals surface area contributed by atoms with Crippen LogP contribution in [-0.2, 0) is 11.2 Å². The Labute approximate surface area is 193 Å². The number of nitrogens with zero attached hydrogens (tertiary/aromatic N) is 3. The molecule has 2 heterocycles. The maximum absolute atomic E-state index is 12.5. The van der Waals surface area contributed by atoms with Crippen LogP contribution in [0.4, 0.5) is 10.8 Å². The lowest BCUT2D eigenvalue weighted by Crippen LogP contribution is -2.15. The number of rotatable bonds is 6. The van der Waals surface area contributed by atoms with E-state index in [4.69, 9.17) is 0 Å². The molecule has 5 aromatic rings. The Bertz CT molecular complexity index is 1420. The molecule has 0 saturated heterocycles. The summed E-state index contributed by atoms with van der Waals surface area (Å²) in [6, 6.07) is 24.4. The number of aromatic nitrogens is 3. The van der Waals surface area contributed by atoms with Crippen molar-refractivity contribution >= 4 is 45.0 Å². The predicted molar refractivity (Wildman–Crippen MR) is 130 cm³/mol. The molecule has 0 aliphatic rings. The van der Waals surface area contributed by atoms with Gasteiger partial charge in [0.15, 0.2) is 5.13 Å². The molecule has 0 bridgehead atoms. The monoisotopic (exact) mass is 453 g/mol. The van der Waals surface area contributed by atoms with Crippen molar-refractivity contribution in [1.29, 1.82) is 0 Å². The summed E-state index contributed by atoms with van der Waals surface area (Å²) in [6.45, 7) is 0. The van der Waals surface area contributed by atoms with E-state index >= 15 is 0 Å². The molecule has 2 aromatic heterocycles. The fourth-order valence-electron chi connectivity index (χ4n) is 3.44. The van der Waals surface area contributed by atoms with Crippen LogP contribution >= 0.6 is 11.3 Å². The minimum absolute atomic E-state index is 0.117. The normalized spacial score (nSPS) is 10.8. The number of fused-ring (bicyclic) bond motifs is 1. The van der Waals surface area contributed by atoms with Crippen LogP contribution in [0, 0.1) is 0 Å². The molecule has 0 unspecified atom stereocenters. The van der Waals surface area contributed by atoms with E-state index in [1.165, 1.54) is 11.3 Å². The first-order chi connectivity index (χ1) is 16.2. The number of thiazole rings is 1. The van der Waals surface area contributed by atoms with Crippen molar-refractivity contribution in [3.05, 3.63) is 102 Å². The van der Waals surface area contributed by atoms with E-state index in [-0.39, 0.29) is 18.2 Å². The maximum Gasteiger partial charge on any atom is 0.257 e. The first kappa shape index (κ1) is 20.6. The molecule has 0 atom stereocenters. The second-order valence-electron chi connectivity index (χ2n) is 7.34. The van der Waals surface area contributed by atoms with Gasteiger partial charge in [-0.2, -0.15) is 0 Å². The standard InChI is InChI=1S/C25H19N5O2S/c31-23(14-19-15-33-25(28-19)29-24(32)17-6-2-1-3-7-17)27-18-10-12-20(13-11-18)30-16-26-21-8-4-5-9-22(21)30/h1-13,15-16H,14H2,(H,27,31)(H,28,29,32). The van der Waals surface area contributed by atoms with Crippen LogP contribution < -0.4 is 10.6 Å². The number of carbonyl (C=O) groups excluding carboxylic acids is 2. The summed E-state index contributed by atoms with van der Waals surface area (Å²) >= 11 is 1.29. The van der Waals surface area contributed by atoms with Gasteiger partial charge >= 0.3 is 0 Å². The highest BCUT2D eigenvalue weighted by Gasteiger charge is 2.12. The van der Waals surface area contributed by atoms with Crippen molar-refractivity contribution < 1.29 is 9.59 Å². The molecule has 0 saturated carbocycles. The number of nitrogens with one attached hydrogen (secondary N) is 2. The van der Waals surface area contributed by atoms with Gasteiger partial charge in [0.2, 0.25) is 5.91 Å². The summed E-state index contributed by atoms with van der Waals surface area (Å²) in [6.07, 6.45) is 1.90. The molecule has 162 valence electrons. The summed E-state index contributed by atoms with van der Waals surface area (Å²) in [7, 11) is 0. The van der Waals surface area contributed by atoms with Crippen LogP contribution in [0.25, 0.3) is 16.7 Å². The number of imidazole rings is 1. The lowest BCUT2D eigenvalue weighted by atomic mass is 10.2. The minimum Gasteiger partial charge on any atom is -0.326 e. The van der Waals surface area contributed by atoms with Crippen LogP contribution in [-0.4, -0.2) is 26.3 Å². The molecule has 3 aromatic carbocycles. The molecular weight excluding hydrogens is 434 g/mol. The van der Waals surface area contributed by atoms with Gasteiger partial charge in [-0.1, -0.05) is 30.3 Å². The van der Waals surface area contributed by atoms with Crippen LogP contribution in [0.5, 0.6) is 0 Å². The lowest BCUT2D eigenvalue weighted by Gasteiger charge is -2.07. The second kappa shape index (κ2) is 9.05. The van der Waals surface area contributed by atoms with Crippen molar-refractivity contribution in [3.8, 4) is 5.69 Å². The molecule has 8 heteroatoms. The number of hydrogen-bond donors (Lipinski definition) is 2. The lowest BCUT2D eigenvalue weighted by molar-refractivity contribution is -0.115. The summed E-state index contributed by atoms with van der Waals surface area (Å²) in [4.78, 5) is 33.5. The highest BCUT2D eigenvalue weighted by Crippen LogP contribution is 2.20. The predicted octanol–water partition coefficient (Wildman–Crippen LogP) is 4.92. The molecule has 0 aliphatic heterocycles. The Kier molecular flexibility index (Phi) is 5.65. The smallest absolute Gasteiger partial charge is 0.257 e. The minimum atomic E-state index is -0.230. The molecular formula is C25H19N5O2S. The third kappa shape index (κ3) is 4.65. The molecule has 2 N–H and O–H groups in total. The molecule has 33 heavy (non-hydrogen) atoms. The number of amides is 2. The summed E-state index contributed by atoms with van der Waals surface area (Å²) in [5.74, 6) is -0.409. The maximum atomic E-state index is 12.5. The SMILES string of the molecule is O=C(Cc1csc(NC(=O)c2ccccc2)n1)Nc1ccc(-n2cnc3ccccc32)cc1. The molecule has 2 amide bonds. The van der Waals surface area contributed by atoms with Crippen LogP contribution in [0.3, 0.4) is 0 Å². The van der Waals surface area contributed by atoms with E-state index in [0.29, 0.717) is 22.1 Å². The van der Waals surface area contributed by atoms with Crippen molar-refractivity contribution in [2.24, 2.45) is 0 Å². The van der Waals surface area contributed by atoms with Crippen molar-refractivity contribution in [3.63, 3.8) is 0 Å². The fraction of sp³-hybridized carbons (Fsp3) is 0.0400. The number of carbonyl (C=O) groups is 2. The Balaban J connectivity index is 1.20. The summed E-state index contributed by atoms with van der Waals surface area (Å²) in [5, 5.41) is 7.89. The zero-order chi connectivity index (χ0) is 22.6. The van der Waals surface area contributed by atoms with E-state index in [1.54, 1.807) is 36.0 Å². The summed E-state index contributed by atoms with van der Waals surface area (Å²) < 4.78 is 2.00. The van der Waals surface area contributed by atoms with Crippen LogP contribution in [0.15, 0.2) is 90.6 Å². The molecule has 5 rings (SSSR count). The van der Waals surface area contributed by atoms with E-state index in [1.807, 2.05) is 59.2 Å². The van der Waals surface area contributed by atoms with E-state index in [9.17, 15) is 9.59 Å². The van der Waals surface area contributed by atoms with Crippen molar-refractivity contribution in [2.75, 3.05) is 10.6 Å². The van der Waals surface area contributed by atoms with Gasteiger partial charge in [-0.25, -0.2) is 9.97 Å². The van der Waals surface area contributed by atoms with Crippen LogP contribution in [0.1, 0.15) is 16.1 Å². The quantitative estimate of drug-likeness (QED) is 0.382. The van der Waals surface area contributed by atoms with Gasteiger partial charge in [-0.15, -0.1) is 11.3 Å². The molecule has 0 spiro atoms. The number of para-hydroxylation sites is 2. The topological polar surface area (TPSA) is 88.9 Å². The summed E-state index contributed by atoms with van der Waals surface area (Å²) in [5.41, 5.74) is 4.76. The molecule has 7 nitrogen and oxygen atoms in total. The first-order valence-electron chi connectivity index (χ1n) is 10.3. The second-order valence-corrected chi connectivity index (χ2v) is 8.20. The van der Waals surface area contributed by atoms with Crippen LogP contribution in [0.2, 0.25) is 0 Å². The average Bonchev–Trinajstić information content (AvgIpc) is 3.47. The van der Waals surface area contributed by atoms with Gasteiger partial charge < -0.3 is 5.32 Å². The molecule has 0 aliphatic carbocycles. The zero-order valence-electron chi connectivity index (χ0n) is 17.4. The van der Waals surface area contributed by atoms with E-state index in [2.05, 4.69) is 20.6 Å². The van der Waals surface area contributed by atoms with E-state index in [0.717, 1.165) is 16.7 Å². The molecule has 0 radical (unpaired) electrons. The molecule has 0 fully saturated rings. The average molecular weight is 454 g/mol. The van der Waals surface area contributed by atoms with E-state index < -0.39 is 0 Å². The Morgan fingerprint density at radius 1 is 0.879 bits per heavy atom. The Morgan fingerprint density at radius 2 is 1.64 bits per heavy atom. The Hall–Kier alpha value is -4.30. The number of benzene rings is 3.